The van der Waals surface area contributed by atoms with E-state index in [0.717, 1.165) is 0 Å². The molecule has 0 radical (unpaired) electrons. The Morgan fingerprint density at radius 2 is 1.58 bits per heavy atom. The van der Waals surface area contributed by atoms with Crippen LogP contribution < -0.4 is 9.47 Å². The number of esters is 1. The third kappa shape index (κ3) is 3.65. The molecule has 0 unspecified atom stereocenters. The standard InChI is InChI=1S/C18H18O6/c1-22-13-6-4-11(5-7-13)18(21)17-12(9-16(20)24-3)8-14(23-2)10-15(17)19/h4-8,10,19H,9H2,1-3H3. The van der Waals surface area contributed by atoms with Crippen molar-refractivity contribution in [3.05, 3.63) is 53.1 Å². The van der Waals surface area contributed by atoms with Gasteiger partial charge < -0.3 is 19.3 Å². The molecule has 0 aliphatic rings. The van der Waals surface area contributed by atoms with Crippen molar-refractivity contribution < 1.29 is 28.9 Å². The largest absolute Gasteiger partial charge is 0.507 e. The van der Waals surface area contributed by atoms with Gasteiger partial charge >= 0.3 is 5.97 Å². The number of rotatable bonds is 6. The Balaban J connectivity index is 2.49. The summed E-state index contributed by atoms with van der Waals surface area (Å²) < 4.78 is 14.8. The topological polar surface area (TPSA) is 82.1 Å². The van der Waals surface area contributed by atoms with E-state index in [1.165, 1.54) is 33.5 Å². The number of methoxy groups -OCH3 is 3. The second-order valence-corrected chi connectivity index (χ2v) is 4.99. The van der Waals surface area contributed by atoms with E-state index in [1.807, 2.05) is 0 Å². The lowest BCUT2D eigenvalue weighted by atomic mass is 9.95. The van der Waals surface area contributed by atoms with E-state index < -0.39 is 11.8 Å². The normalized spacial score (nSPS) is 10.1. The predicted octanol–water partition coefficient (Wildman–Crippen LogP) is 2.36. The number of phenols is 1. The van der Waals surface area contributed by atoms with Gasteiger partial charge in [0.2, 0.25) is 0 Å². The summed E-state index contributed by atoms with van der Waals surface area (Å²) in [7, 11) is 4.22. The molecule has 0 fully saturated rings. The molecule has 6 heteroatoms. The summed E-state index contributed by atoms with van der Waals surface area (Å²) in [5.41, 5.74) is 0.744. The fraction of sp³-hybridized carbons (Fsp3) is 0.222. The molecular weight excluding hydrogens is 312 g/mol. The highest BCUT2D eigenvalue weighted by molar-refractivity contribution is 6.12. The number of hydrogen-bond donors (Lipinski definition) is 1. The van der Waals surface area contributed by atoms with Crippen LogP contribution in [0, 0.1) is 0 Å². The van der Waals surface area contributed by atoms with Crippen molar-refractivity contribution in [1.29, 1.82) is 0 Å². The van der Waals surface area contributed by atoms with Crippen LogP contribution in [0.15, 0.2) is 36.4 Å². The summed E-state index contributed by atoms with van der Waals surface area (Å²) in [5, 5.41) is 10.2. The third-order valence-corrected chi connectivity index (χ3v) is 3.55. The molecule has 0 aliphatic carbocycles. The number of carbonyl (C=O) groups excluding carboxylic acids is 2. The number of ether oxygens (including phenoxy) is 3. The molecule has 2 aromatic rings. The molecule has 0 saturated heterocycles. The zero-order chi connectivity index (χ0) is 17.7. The van der Waals surface area contributed by atoms with Crippen LogP contribution in [0.2, 0.25) is 0 Å². The molecule has 0 amide bonds. The number of ketones is 1. The highest BCUT2D eigenvalue weighted by Gasteiger charge is 2.21. The fourth-order valence-corrected chi connectivity index (χ4v) is 2.29. The van der Waals surface area contributed by atoms with Gasteiger partial charge in [-0.05, 0) is 35.9 Å². The number of aromatic hydroxyl groups is 1. The first kappa shape index (κ1) is 17.3. The van der Waals surface area contributed by atoms with Crippen molar-refractivity contribution in [3.8, 4) is 17.2 Å². The summed E-state index contributed by atoms with van der Waals surface area (Å²) >= 11 is 0. The highest BCUT2D eigenvalue weighted by atomic mass is 16.5. The van der Waals surface area contributed by atoms with E-state index in [4.69, 9.17) is 9.47 Å². The average molecular weight is 330 g/mol. The number of phenolic OH excluding ortho intramolecular Hbond substituents is 1. The molecule has 0 saturated carbocycles. The Kier molecular flexibility index (Phi) is 5.42. The minimum absolute atomic E-state index is 0.0476. The monoisotopic (exact) mass is 330 g/mol. The molecule has 6 nitrogen and oxygen atoms in total. The van der Waals surface area contributed by atoms with Crippen molar-refractivity contribution in [2.24, 2.45) is 0 Å². The Labute approximate surface area is 139 Å². The minimum atomic E-state index is -0.522. The van der Waals surface area contributed by atoms with Gasteiger partial charge in [-0.3, -0.25) is 9.59 Å². The average Bonchev–Trinajstić information content (AvgIpc) is 2.60. The van der Waals surface area contributed by atoms with Gasteiger partial charge in [0.05, 0.1) is 33.3 Å². The Morgan fingerprint density at radius 3 is 2.12 bits per heavy atom. The minimum Gasteiger partial charge on any atom is -0.507 e. The van der Waals surface area contributed by atoms with Crippen LogP contribution in [-0.2, 0) is 16.0 Å². The Bertz CT molecular complexity index is 749. The first-order chi connectivity index (χ1) is 11.5. The lowest BCUT2D eigenvalue weighted by molar-refractivity contribution is -0.139. The molecule has 2 aromatic carbocycles. The van der Waals surface area contributed by atoms with Gasteiger partial charge in [-0.25, -0.2) is 0 Å². The van der Waals surface area contributed by atoms with Crippen molar-refractivity contribution in [3.63, 3.8) is 0 Å². The van der Waals surface area contributed by atoms with E-state index in [9.17, 15) is 14.7 Å². The summed E-state index contributed by atoms with van der Waals surface area (Å²) in [5.74, 6) is -0.227. The number of carbonyl (C=O) groups is 2. The van der Waals surface area contributed by atoms with Gasteiger partial charge in [0.1, 0.15) is 17.2 Å². The molecule has 0 heterocycles. The molecule has 0 bridgehead atoms. The molecule has 0 spiro atoms. The van der Waals surface area contributed by atoms with Gasteiger partial charge in [-0.1, -0.05) is 0 Å². The van der Waals surface area contributed by atoms with Gasteiger partial charge in [-0.15, -0.1) is 0 Å². The zero-order valence-electron chi connectivity index (χ0n) is 13.7. The van der Waals surface area contributed by atoms with Crippen LogP contribution in [-0.4, -0.2) is 38.2 Å². The second-order valence-electron chi connectivity index (χ2n) is 4.99. The first-order valence-electron chi connectivity index (χ1n) is 7.15. The Hall–Kier alpha value is -3.02. The first-order valence-corrected chi connectivity index (χ1v) is 7.15. The van der Waals surface area contributed by atoms with Crippen molar-refractivity contribution >= 4 is 11.8 Å². The molecule has 24 heavy (non-hydrogen) atoms. The van der Waals surface area contributed by atoms with E-state index in [0.29, 0.717) is 22.6 Å². The van der Waals surface area contributed by atoms with Crippen LogP contribution in [0.5, 0.6) is 17.2 Å². The van der Waals surface area contributed by atoms with Gasteiger partial charge in [-0.2, -0.15) is 0 Å². The van der Waals surface area contributed by atoms with Gasteiger partial charge in [0.15, 0.2) is 5.78 Å². The lowest BCUT2D eigenvalue weighted by Gasteiger charge is -2.13. The molecule has 0 aromatic heterocycles. The predicted molar refractivity (Wildman–Crippen MR) is 86.8 cm³/mol. The summed E-state index contributed by atoms with van der Waals surface area (Å²) in [4.78, 5) is 24.4. The van der Waals surface area contributed by atoms with Crippen LogP contribution in [0.4, 0.5) is 0 Å². The second kappa shape index (κ2) is 7.50. The van der Waals surface area contributed by atoms with Crippen LogP contribution >= 0.6 is 0 Å². The van der Waals surface area contributed by atoms with Gasteiger partial charge in [0.25, 0.3) is 0 Å². The van der Waals surface area contributed by atoms with E-state index in [-0.39, 0.29) is 17.7 Å². The maximum atomic E-state index is 12.8. The van der Waals surface area contributed by atoms with Crippen LogP contribution in [0.3, 0.4) is 0 Å². The van der Waals surface area contributed by atoms with Crippen molar-refractivity contribution in [2.75, 3.05) is 21.3 Å². The number of hydrogen-bond acceptors (Lipinski definition) is 6. The molecule has 0 aliphatic heterocycles. The molecule has 1 N–H and O–H groups in total. The summed E-state index contributed by atoms with van der Waals surface area (Å²) in [6, 6.07) is 9.34. The van der Waals surface area contributed by atoms with E-state index >= 15 is 0 Å². The SMILES string of the molecule is COC(=O)Cc1cc(OC)cc(O)c1C(=O)c1ccc(OC)cc1. The highest BCUT2D eigenvalue weighted by Crippen LogP contribution is 2.31. The summed E-state index contributed by atoms with van der Waals surface area (Å²) in [6.07, 6.45) is -0.154. The van der Waals surface area contributed by atoms with E-state index in [2.05, 4.69) is 4.74 Å². The molecule has 126 valence electrons. The van der Waals surface area contributed by atoms with Crippen LogP contribution in [0.25, 0.3) is 0 Å². The van der Waals surface area contributed by atoms with Gasteiger partial charge in [0, 0.05) is 11.6 Å². The fourth-order valence-electron chi connectivity index (χ4n) is 2.29. The van der Waals surface area contributed by atoms with E-state index in [1.54, 1.807) is 24.3 Å². The van der Waals surface area contributed by atoms with Crippen molar-refractivity contribution in [1.82, 2.24) is 0 Å². The molecule has 2 rings (SSSR count). The molecular formula is C18H18O6. The number of benzene rings is 2. The maximum Gasteiger partial charge on any atom is 0.310 e. The van der Waals surface area contributed by atoms with Crippen LogP contribution in [0.1, 0.15) is 21.5 Å². The lowest BCUT2D eigenvalue weighted by Crippen LogP contribution is -2.11. The maximum absolute atomic E-state index is 12.8. The zero-order valence-corrected chi connectivity index (χ0v) is 13.7. The Morgan fingerprint density at radius 1 is 0.958 bits per heavy atom. The quantitative estimate of drug-likeness (QED) is 0.647. The molecule has 0 atom stereocenters. The van der Waals surface area contributed by atoms with Crippen molar-refractivity contribution in [2.45, 2.75) is 6.42 Å². The summed E-state index contributed by atoms with van der Waals surface area (Å²) in [6.45, 7) is 0. The third-order valence-electron chi connectivity index (χ3n) is 3.55. The smallest absolute Gasteiger partial charge is 0.310 e.